The zero-order valence-electron chi connectivity index (χ0n) is 23.4. The van der Waals surface area contributed by atoms with Gasteiger partial charge in [-0.05, 0) is 60.7 Å². The van der Waals surface area contributed by atoms with Crippen molar-refractivity contribution in [2.75, 3.05) is 17.2 Å². The SMILES string of the molecule is CCc1cccc(C)c1N1C(=O)CS/C1=N\C(=O)NCCc1ccc(C(N)=NC=Nc2ccc(OC(F)(F)F)cc2)cc1. The lowest BCUT2D eigenvalue weighted by molar-refractivity contribution is -0.274. The molecule has 3 aromatic carbocycles. The summed E-state index contributed by atoms with van der Waals surface area (Å²) in [5.74, 6) is -0.0305. The minimum Gasteiger partial charge on any atom is -0.406 e. The topological polar surface area (TPSA) is 122 Å². The summed E-state index contributed by atoms with van der Waals surface area (Å²) in [6, 6.07) is 17.6. The van der Waals surface area contributed by atoms with Crippen molar-refractivity contribution in [3.05, 3.63) is 89.0 Å². The number of hydrogen-bond donors (Lipinski definition) is 2. The number of anilines is 1. The molecule has 0 unspecified atom stereocenters. The standard InChI is InChI=1S/C30H29F3N6O3S/c1-3-21-6-4-5-19(2)26(21)39-25(40)17-43-29(39)38-28(41)35-16-15-20-7-9-22(10-8-20)27(34)37-18-36-23-11-13-24(14-12-23)42-30(31,32)33/h4-14,18H,3,15-17H2,1-2H3,(H,35,41)(H2,34,36,37)/b38-29-. The molecular formula is C30H29F3N6O3S. The summed E-state index contributed by atoms with van der Waals surface area (Å²) in [7, 11) is 0. The van der Waals surface area contributed by atoms with Crippen molar-refractivity contribution in [2.45, 2.75) is 33.1 Å². The Morgan fingerprint density at radius 3 is 2.51 bits per heavy atom. The molecule has 3 aromatic rings. The second-order valence-electron chi connectivity index (χ2n) is 9.33. The largest absolute Gasteiger partial charge is 0.573 e. The Kier molecular flexibility index (Phi) is 10.2. The molecule has 224 valence electrons. The molecular weight excluding hydrogens is 581 g/mol. The van der Waals surface area contributed by atoms with Crippen LogP contribution in [0.15, 0.2) is 81.7 Å². The maximum Gasteiger partial charge on any atom is 0.573 e. The van der Waals surface area contributed by atoms with Crippen molar-refractivity contribution in [3.8, 4) is 5.75 Å². The number of hydrogen-bond acceptors (Lipinski definition) is 5. The summed E-state index contributed by atoms with van der Waals surface area (Å²) in [5.41, 5.74) is 10.7. The molecule has 1 fully saturated rings. The van der Waals surface area contributed by atoms with Gasteiger partial charge in [-0.15, -0.1) is 13.2 Å². The molecule has 13 heteroatoms. The molecule has 0 spiro atoms. The Balaban J connectivity index is 1.29. The Morgan fingerprint density at radius 1 is 1.12 bits per heavy atom. The number of aliphatic imine (C=N–C) groups is 3. The fourth-order valence-corrected chi connectivity index (χ4v) is 5.09. The average molecular weight is 611 g/mol. The molecule has 0 radical (unpaired) electrons. The quantitative estimate of drug-likeness (QED) is 0.231. The fraction of sp³-hybridized carbons (Fsp3) is 0.233. The first-order chi connectivity index (χ1) is 20.5. The highest BCUT2D eigenvalue weighted by Gasteiger charge is 2.33. The van der Waals surface area contributed by atoms with Crippen LogP contribution in [0.4, 0.5) is 29.3 Å². The molecule has 1 aliphatic rings. The fourth-order valence-electron chi connectivity index (χ4n) is 4.24. The maximum atomic E-state index is 12.7. The Morgan fingerprint density at radius 2 is 1.84 bits per heavy atom. The summed E-state index contributed by atoms with van der Waals surface area (Å²) >= 11 is 1.24. The first-order valence-corrected chi connectivity index (χ1v) is 14.2. The molecule has 1 heterocycles. The van der Waals surface area contributed by atoms with E-state index >= 15 is 0 Å². The first kappa shape index (κ1) is 31.3. The number of thioether (sulfide) groups is 1. The normalized spacial score (nSPS) is 15.0. The van der Waals surface area contributed by atoms with Gasteiger partial charge in [-0.25, -0.2) is 14.8 Å². The van der Waals surface area contributed by atoms with E-state index in [1.165, 1.54) is 35.1 Å². The molecule has 3 N–H and O–H groups in total. The zero-order chi connectivity index (χ0) is 31.0. The third kappa shape index (κ3) is 8.67. The minimum absolute atomic E-state index is 0.108. The number of carbonyl (C=O) groups excluding carboxylic acids is 2. The number of amides is 3. The van der Waals surface area contributed by atoms with Gasteiger partial charge in [-0.2, -0.15) is 4.99 Å². The number of nitrogens with zero attached hydrogens (tertiary/aromatic N) is 4. The average Bonchev–Trinajstić information content (AvgIpc) is 3.32. The van der Waals surface area contributed by atoms with Gasteiger partial charge in [0.25, 0.3) is 0 Å². The van der Waals surface area contributed by atoms with Crippen molar-refractivity contribution in [2.24, 2.45) is 20.7 Å². The van der Waals surface area contributed by atoms with Crippen LogP contribution in [0.25, 0.3) is 0 Å². The van der Waals surface area contributed by atoms with Crippen LogP contribution >= 0.6 is 11.8 Å². The first-order valence-electron chi connectivity index (χ1n) is 13.3. The van der Waals surface area contributed by atoms with Gasteiger partial charge in [0.05, 0.1) is 17.1 Å². The molecule has 0 aromatic heterocycles. The third-order valence-electron chi connectivity index (χ3n) is 6.30. The minimum atomic E-state index is -4.76. The molecule has 1 aliphatic heterocycles. The highest BCUT2D eigenvalue weighted by Crippen LogP contribution is 2.33. The maximum absolute atomic E-state index is 12.7. The molecule has 0 saturated carbocycles. The van der Waals surface area contributed by atoms with Gasteiger partial charge in [0.15, 0.2) is 5.17 Å². The molecule has 4 rings (SSSR count). The van der Waals surface area contributed by atoms with Gasteiger partial charge in [-0.1, -0.05) is 61.2 Å². The summed E-state index contributed by atoms with van der Waals surface area (Å²) in [4.78, 5) is 39.1. The monoisotopic (exact) mass is 610 g/mol. The van der Waals surface area contributed by atoms with Crippen LogP contribution in [-0.4, -0.2) is 47.9 Å². The molecule has 1 saturated heterocycles. The lowest BCUT2D eigenvalue weighted by atomic mass is 10.0. The van der Waals surface area contributed by atoms with E-state index < -0.39 is 12.4 Å². The number of amidine groups is 2. The number of rotatable bonds is 9. The molecule has 9 nitrogen and oxygen atoms in total. The van der Waals surface area contributed by atoms with Crippen molar-refractivity contribution < 1.29 is 27.5 Å². The molecule has 3 amide bonds. The van der Waals surface area contributed by atoms with Crippen molar-refractivity contribution in [1.82, 2.24) is 5.32 Å². The van der Waals surface area contributed by atoms with Crippen LogP contribution in [0.1, 0.15) is 29.2 Å². The molecule has 0 bridgehead atoms. The lowest BCUT2D eigenvalue weighted by Crippen LogP contribution is -2.33. The smallest absolute Gasteiger partial charge is 0.406 e. The Labute approximate surface area is 250 Å². The van der Waals surface area contributed by atoms with Crippen LogP contribution < -0.4 is 20.7 Å². The summed E-state index contributed by atoms with van der Waals surface area (Å²) in [6.07, 6.45) is -2.27. The Bertz CT molecular complexity index is 1550. The highest BCUT2D eigenvalue weighted by atomic mass is 32.2. The van der Waals surface area contributed by atoms with E-state index in [2.05, 4.69) is 25.0 Å². The predicted molar refractivity (Wildman–Crippen MR) is 163 cm³/mol. The van der Waals surface area contributed by atoms with E-state index in [1.54, 1.807) is 12.1 Å². The van der Waals surface area contributed by atoms with Crippen molar-refractivity contribution >= 4 is 52.4 Å². The number of ether oxygens (including phenoxy) is 1. The summed E-state index contributed by atoms with van der Waals surface area (Å²) < 4.78 is 40.6. The van der Waals surface area contributed by atoms with Crippen LogP contribution in [-0.2, 0) is 17.6 Å². The van der Waals surface area contributed by atoms with E-state index in [1.807, 2.05) is 44.2 Å². The van der Waals surface area contributed by atoms with Gasteiger partial charge < -0.3 is 15.8 Å². The van der Waals surface area contributed by atoms with Gasteiger partial charge in [0.1, 0.15) is 17.9 Å². The van der Waals surface area contributed by atoms with Gasteiger partial charge in [-0.3, -0.25) is 9.69 Å². The number of aryl methyl sites for hydroxylation is 2. The van der Waals surface area contributed by atoms with E-state index in [-0.39, 0.29) is 23.2 Å². The van der Waals surface area contributed by atoms with Crippen LogP contribution in [0.2, 0.25) is 0 Å². The number of nitrogens with one attached hydrogen (secondary N) is 1. The summed E-state index contributed by atoms with van der Waals surface area (Å²) in [5, 5.41) is 3.14. The van der Waals surface area contributed by atoms with Crippen LogP contribution in [0.5, 0.6) is 5.75 Å². The third-order valence-corrected chi connectivity index (χ3v) is 7.23. The lowest BCUT2D eigenvalue weighted by Gasteiger charge is -2.21. The molecule has 0 aliphatic carbocycles. The number of carbonyl (C=O) groups is 2. The van der Waals surface area contributed by atoms with Crippen LogP contribution in [0.3, 0.4) is 0 Å². The number of nitrogens with two attached hydrogens (primary N) is 1. The van der Waals surface area contributed by atoms with E-state index in [4.69, 9.17) is 5.73 Å². The molecule has 43 heavy (non-hydrogen) atoms. The van der Waals surface area contributed by atoms with Gasteiger partial charge in [0, 0.05) is 12.1 Å². The number of para-hydroxylation sites is 1. The van der Waals surface area contributed by atoms with Crippen LogP contribution in [0, 0.1) is 6.92 Å². The zero-order valence-corrected chi connectivity index (χ0v) is 24.2. The summed E-state index contributed by atoms with van der Waals surface area (Å²) in [6.45, 7) is 4.29. The Hall–Kier alpha value is -4.65. The second kappa shape index (κ2) is 14.0. The number of halogens is 3. The van der Waals surface area contributed by atoms with Gasteiger partial charge in [0.2, 0.25) is 5.91 Å². The highest BCUT2D eigenvalue weighted by molar-refractivity contribution is 8.15. The van der Waals surface area contributed by atoms with Crippen molar-refractivity contribution in [1.29, 1.82) is 0 Å². The van der Waals surface area contributed by atoms with E-state index in [0.717, 1.165) is 40.9 Å². The number of benzene rings is 3. The van der Waals surface area contributed by atoms with Gasteiger partial charge >= 0.3 is 12.4 Å². The number of urea groups is 1. The van der Waals surface area contributed by atoms with Crippen molar-refractivity contribution in [3.63, 3.8) is 0 Å². The predicted octanol–water partition coefficient (Wildman–Crippen LogP) is 5.91. The second-order valence-corrected chi connectivity index (χ2v) is 10.3. The number of alkyl halides is 3. The van der Waals surface area contributed by atoms with E-state index in [9.17, 15) is 22.8 Å². The van der Waals surface area contributed by atoms with E-state index in [0.29, 0.717) is 29.4 Å². The molecule has 0 atom stereocenters.